The maximum Gasteiger partial charge on any atom is 0.249 e. The molecule has 76 valence electrons. The lowest BCUT2D eigenvalue weighted by Gasteiger charge is -2.34. The summed E-state index contributed by atoms with van der Waals surface area (Å²) in [6.45, 7) is 1.87. The first kappa shape index (κ1) is 9.84. The Hall–Kier alpha value is -0.700. The van der Waals surface area contributed by atoms with E-state index in [0.717, 1.165) is 5.56 Å². The quantitative estimate of drug-likeness (QED) is 0.701. The Labute approximate surface area is 86.1 Å². The number of aromatic nitrogens is 1. The average Bonchev–Trinajstić information content (AvgIpc) is 2.00. The maximum atomic E-state index is 12.6. The van der Waals surface area contributed by atoms with E-state index in [2.05, 4.69) is 4.98 Å². The zero-order valence-corrected chi connectivity index (χ0v) is 8.48. The zero-order valence-electron chi connectivity index (χ0n) is 7.73. The first-order valence-corrected chi connectivity index (χ1v) is 4.86. The molecule has 0 spiro atoms. The van der Waals surface area contributed by atoms with Crippen LogP contribution in [0.1, 0.15) is 30.0 Å². The predicted octanol–water partition coefficient (Wildman–Crippen LogP) is 3.56. The Bertz CT molecular complexity index is 357. The number of hydrogen-bond acceptors (Lipinski definition) is 1. The molecule has 1 fully saturated rings. The third-order valence-corrected chi connectivity index (χ3v) is 2.79. The van der Waals surface area contributed by atoms with Gasteiger partial charge in [-0.3, -0.25) is 4.98 Å². The van der Waals surface area contributed by atoms with Gasteiger partial charge in [-0.05, 0) is 18.6 Å². The summed E-state index contributed by atoms with van der Waals surface area (Å²) >= 11 is 5.92. The van der Waals surface area contributed by atoms with E-state index < -0.39 is 5.92 Å². The van der Waals surface area contributed by atoms with Crippen molar-refractivity contribution in [2.45, 2.75) is 31.6 Å². The number of nitrogens with zero attached hydrogens (tertiary/aromatic N) is 1. The Morgan fingerprint density at radius 2 is 2.14 bits per heavy atom. The second-order valence-corrected chi connectivity index (χ2v) is 4.25. The SMILES string of the molecule is Cc1cnc(C2CC(F)(F)C2)c(Cl)c1. The van der Waals surface area contributed by atoms with Crippen LogP contribution in [-0.4, -0.2) is 10.9 Å². The van der Waals surface area contributed by atoms with E-state index in [9.17, 15) is 8.78 Å². The minimum absolute atomic E-state index is 0.122. The summed E-state index contributed by atoms with van der Waals surface area (Å²) in [5, 5.41) is 0.505. The van der Waals surface area contributed by atoms with Gasteiger partial charge in [-0.25, -0.2) is 8.78 Å². The largest absolute Gasteiger partial charge is 0.259 e. The van der Waals surface area contributed by atoms with Crippen LogP contribution < -0.4 is 0 Å². The molecular formula is C10H10ClF2N. The van der Waals surface area contributed by atoms with E-state index in [1.54, 1.807) is 12.3 Å². The van der Waals surface area contributed by atoms with Crippen molar-refractivity contribution in [2.24, 2.45) is 0 Å². The third-order valence-electron chi connectivity index (χ3n) is 2.48. The lowest BCUT2D eigenvalue weighted by Crippen LogP contribution is -2.34. The first-order chi connectivity index (χ1) is 6.48. The van der Waals surface area contributed by atoms with Gasteiger partial charge >= 0.3 is 0 Å². The molecular weight excluding hydrogens is 208 g/mol. The number of hydrogen-bond donors (Lipinski definition) is 0. The zero-order chi connectivity index (χ0) is 10.3. The van der Waals surface area contributed by atoms with E-state index in [1.807, 2.05) is 6.92 Å². The third kappa shape index (κ3) is 1.73. The van der Waals surface area contributed by atoms with Crippen molar-refractivity contribution in [3.63, 3.8) is 0 Å². The Kier molecular flexibility index (Phi) is 2.22. The first-order valence-electron chi connectivity index (χ1n) is 4.48. The number of halogens is 3. The fourth-order valence-corrected chi connectivity index (χ4v) is 2.07. The van der Waals surface area contributed by atoms with E-state index >= 15 is 0 Å². The van der Waals surface area contributed by atoms with Gasteiger partial charge < -0.3 is 0 Å². The number of pyridine rings is 1. The molecule has 4 heteroatoms. The molecule has 0 unspecified atom stereocenters. The highest BCUT2D eigenvalue weighted by atomic mass is 35.5. The molecule has 1 aliphatic rings. The van der Waals surface area contributed by atoms with Gasteiger partial charge in [0.25, 0.3) is 0 Å². The summed E-state index contributed by atoms with van der Waals surface area (Å²) in [5.74, 6) is -2.68. The second-order valence-electron chi connectivity index (χ2n) is 3.84. The minimum Gasteiger partial charge on any atom is -0.259 e. The van der Waals surface area contributed by atoms with Gasteiger partial charge in [0.1, 0.15) is 0 Å². The lowest BCUT2D eigenvalue weighted by atomic mass is 9.79. The minimum atomic E-state index is -2.51. The molecule has 0 N–H and O–H groups in total. The molecule has 0 amide bonds. The van der Waals surface area contributed by atoms with Gasteiger partial charge in [0, 0.05) is 25.0 Å². The molecule has 1 aliphatic carbocycles. The highest BCUT2D eigenvalue weighted by Crippen LogP contribution is 2.49. The van der Waals surface area contributed by atoms with E-state index in [1.165, 1.54) is 0 Å². The smallest absolute Gasteiger partial charge is 0.249 e. The molecule has 1 nitrogen and oxygen atoms in total. The monoisotopic (exact) mass is 217 g/mol. The van der Waals surface area contributed by atoms with Crippen LogP contribution in [-0.2, 0) is 0 Å². The molecule has 1 aromatic rings. The van der Waals surface area contributed by atoms with E-state index in [0.29, 0.717) is 10.7 Å². The summed E-state index contributed by atoms with van der Waals surface area (Å²) < 4.78 is 25.2. The molecule has 0 aromatic carbocycles. The van der Waals surface area contributed by atoms with Crippen molar-refractivity contribution in [1.29, 1.82) is 0 Å². The summed E-state index contributed by atoms with van der Waals surface area (Å²) in [6, 6.07) is 1.76. The number of aryl methyl sites for hydroxylation is 1. The van der Waals surface area contributed by atoms with Crippen molar-refractivity contribution in [3.8, 4) is 0 Å². The summed E-state index contributed by atoms with van der Waals surface area (Å²) in [5.41, 5.74) is 1.56. The van der Waals surface area contributed by atoms with Crippen LogP contribution >= 0.6 is 11.6 Å². The van der Waals surface area contributed by atoms with E-state index in [-0.39, 0.29) is 18.8 Å². The molecule has 0 radical (unpaired) electrons. The fourth-order valence-electron chi connectivity index (χ4n) is 1.70. The van der Waals surface area contributed by atoms with Gasteiger partial charge in [0.05, 0.1) is 10.7 Å². The van der Waals surface area contributed by atoms with Crippen LogP contribution in [0.2, 0.25) is 5.02 Å². The van der Waals surface area contributed by atoms with Crippen molar-refractivity contribution in [3.05, 3.63) is 28.5 Å². The van der Waals surface area contributed by atoms with Crippen molar-refractivity contribution >= 4 is 11.6 Å². The maximum absolute atomic E-state index is 12.6. The molecule has 0 atom stereocenters. The van der Waals surface area contributed by atoms with Crippen molar-refractivity contribution in [2.75, 3.05) is 0 Å². The fraction of sp³-hybridized carbons (Fsp3) is 0.500. The second kappa shape index (κ2) is 3.16. The molecule has 1 aromatic heterocycles. The van der Waals surface area contributed by atoms with Crippen LogP contribution in [0.4, 0.5) is 8.78 Å². The van der Waals surface area contributed by atoms with Gasteiger partial charge in [0.2, 0.25) is 5.92 Å². The van der Waals surface area contributed by atoms with E-state index in [4.69, 9.17) is 11.6 Å². The average molecular weight is 218 g/mol. The van der Waals surface area contributed by atoms with Gasteiger partial charge in [-0.15, -0.1) is 0 Å². The molecule has 14 heavy (non-hydrogen) atoms. The predicted molar refractivity (Wildman–Crippen MR) is 50.9 cm³/mol. The summed E-state index contributed by atoms with van der Waals surface area (Å²) in [7, 11) is 0. The lowest BCUT2D eigenvalue weighted by molar-refractivity contribution is -0.0875. The number of alkyl halides is 2. The molecule has 0 saturated heterocycles. The van der Waals surface area contributed by atoms with Crippen molar-refractivity contribution in [1.82, 2.24) is 4.98 Å². The molecule has 2 rings (SSSR count). The van der Waals surface area contributed by atoms with Gasteiger partial charge in [0.15, 0.2) is 0 Å². The van der Waals surface area contributed by atoms with Crippen LogP contribution in [0, 0.1) is 6.92 Å². The summed E-state index contributed by atoms with van der Waals surface area (Å²) in [4.78, 5) is 4.10. The van der Waals surface area contributed by atoms with Crippen LogP contribution in [0.15, 0.2) is 12.3 Å². The molecule has 1 saturated carbocycles. The molecule has 1 heterocycles. The van der Waals surface area contributed by atoms with Crippen LogP contribution in [0.5, 0.6) is 0 Å². The van der Waals surface area contributed by atoms with Crippen LogP contribution in [0.25, 0.3) is 0 Å². The topological polar surface area (TPSA) is 12.9 Å². The standard InChI is InChI=1S/C10H10ClF2N/c1-6-2-8(11)9(14-5-6)7-3-10(12,13)4-7/h2,5,7H,3-4H2,1H3. The van der Waals surface area contributed by atoms with Gasteiger partial charge in [-0.1, -0.05) is 11.6 Å². The Morgan fingerprint density at radius 3 is 2.64 bits per heavy atom. The molecule has 0 aliphatic heterocycles. The molecule has 0 bridgehead atoms. The van der Waals surface area contributed by atoms with Crippen molar-refractivity contribution < 1.29 is 8.78 Å². The number of rotatable bonds is 1. The normalized spacial score (nSPS) is 20.6. The summed E-state index contributed by atoms with van der Waals surface area (Å²) in [6.07, 6.45) is 1.42. The highest BCUT2D eigenvalue weighted by molar-refractivity contribution is 6.31. The Morgan fingerprint density at radius 1 is 1.50 bits per heavy atom. The highest BCUT2D eigenvalue weighted by Gasteiger charge is 2.47. The van der Waals surface area contributed by atoms with Crippen LogP contribution in [0.3, 0.4) is 0 Å². The van der Waals surface area contributed by atoms with Gasteiger partial charge in [-0.2, -0.15) is 0 Å². The Balaban J connectivity index is 2.19.